The lowest BCUT2D eigenvalue weighted by atomic mass is 10.2. The highest BCUT2D eigenvalue weighted by Crippen LogP contribution is 2.33. The first kappa shape index (κ1) is 15.3. The normalized spacial score (nSPS) is 10.2. The molecule has 6 heteroatoms. The molecule has 1 aromatic carbocycles. The van der Waals surface area contributed by atoms with Crippen molar-refractivity contribution in [1.29, 1.82) is 0 Å². The summed E-state index contributed by atoms with van der Waals surface area (Å²) < 4.78 is 6.69. The van der Waals surface area contributed by atoms with E-state index in [0.717, 1.165) is 10.0 Å². The van der Waals surface area contributed by atoms with Gasteiger partial charge in [-0.25, -0.2) is 0 Å². The molecule has 5 nitrogen and oxygen atoms in total. The van der Waals surface area contributed by atoms with Gasteiger partial charge in [-0.2, -0.15) is 0 Å². The van der Waals surface area contributed by atoms with Crippen molar-refractivity contribution in [3.63, 3.8) is 0 Å². The molecular formula is C15H16BrN3O2. The van der Waals surface area contributed by atoms with Crippen LogP contribution in [0.25, 0.3) is 0 Å². The highest BCUT2D eigenvalue weighted by atomic mass is 79.9. The Hall–Kier alpha value is -2.08. The van der Waals surface area contributed by atoms with Gasteiger partial charge in [0, 0.05) is 23.3 Å². The van der Waals surface area contributed by atoms with Crippen LogP contribution in [0, 0.1) is 6.92 Å². The second-order valence-electron chi connectivity index (χ2n) is 4.48. The predicted octanol–water partition coefficient (Wildman–Crippen LogP) is 3.28. The average molecular weight is 350 g/mol. The number of carbonyl (C=O) groups excluding carboxylic acids is 1. The molecule has 21 heavy (non-hydrogen) atoms. The van der Waals surface area contributed by atoms with E-state index in [2.05, 4.69) is 26.2 Å². The zero-order chi connectivity index (χ0) is 15.4. The van der Waals surface area contributed by atoms with Crippen LogP contribution < -0.4 is 15.8 Å². The van der Waals surface area contributed by atoms with E-state index in [1.807, 2.05) is 19.9 Å². The van der Waals surface area contributed by atoms with Crippen molar-refractivity contribution in [2.24, 2.45) is 0 Å². The van der Waals surface area contributed by atoms with Crippen LogP contribution in [0.3, 0.4) is 0 Å². The minimum atomic E-state index is -0.233. The lowest BCUT2D eigenvalue weighted by Gasteiger charge is -2.12. The molecule has 0 aliphatic heterocycles. The third kappa shape index (κ3) is 3.72. The maximum Gasteiger partial charge on any atom is 0.270 e. The number of aryl methyl sites for hydroxylation is 1. The van der Waals surface area contributed by atoms with Crippen LogP contribution in [0.5, 0.6) is 11.5 Å². The number of rotatable bonds is 4. The zero-order valence-electron chi connectivity index (χ0n) is 11.8. The molecule has 110 valence electrons. The van der Waals surface area contributed by atoms with Gasteiger partial charge in [-0.15, -0.1) is 0 Å². The van der Waals surface area contributed by atoms with Gasteiger partial charge in [0.05, 0.1) is 5.69 Å². The zero-order valence-corrected chi connectivity index (χ0v) is 13.4. The van der Waals surface area contributed by atoms with E-state index in [4.69, 9.17) is 10.5 Å². The lowest BCUT2D eigenvalue weighted by Crippen LogP contribution is -2.23. The van der Waals surface area contributed by atoms with E-state index >= 15 is 0 Å². The monoisotopic (exact) mass is 349 g/mol. The van der Waals surface area contributed by atoms with Gasteiger partial charge in [-0.3, -0.25) is 9.78 Å². The molecule has 0 unspecified atom stereocenters. The summed E-state index contributed by atoms with van der Waals surface area (Å²) in [5.41, 5.74) is 7.70. The molecule has 0 aliphatic rings. The molecule has 0 radical (unpaired) electrons. The molecule has 0 bridgehead atoms. The number of nitrogens with zero attached hydrogens (tertiary/aromatic N) is 1. The number of nitrogens with one attached hydrogen (secondary N) is 1. The fraction of sp³-hybridized carbons (Fsp3) is 0.200. The minimum Gasteiger partial charge on any atom is -0.455 e. The Labute approximate surface area is 131 Å². The molecule has 0 saturated heterocycles. The van der Waals surface area contributed by atoms with Crippen LogP contribution in [0.1, 0.15) is 23.0 Å². The lowest BCUT2D eigenvalue weighted by molar-refractivity contribution is 0.0950. The van der Waals surface area contributed by atoms with Crippen molar-refractivity contribution in [2.45, 2.75) is 13.8 Å². The Morgan fingerprint density at radius 3 is 2.86 bits per heavy atom. The van der Waals surface area contributed by atoms with Crippen LogP contribution in [-0.4, -0.2) is 17.4 Å². The van der Waals surface area contributed by atoms with Crippen LogP contribution in [0.15, 0.2) is 34.9 Å². The predicted molar refractivity (Wildman–Crippen MR) is 85.6 cm³/mol. The summed E-state index contributed by atoms with van der Waals surface area (Å²) in [6, 6.07) is 6.96. The number of anilines is 1. The fourth-order valence-corrected chi connectivity index (χ4v) is 2.45. The average Bonchev–Trinajstić information content (AvgIpc) is 2.43. The van der Waals surface area contributed by atoms with Gasteiger partial charge in [0.1, 0.15) is 11.4 Å². The van der Waals surface area contributed by atoms with E-state index in [1.54, 1.807) is 18.2 Å². The summed E-state index contributed by atoms with van der Waals surface area (Å²) in [6.45, 7) is 4.30. The van der Waals surface area contributed by atoms with Gasteiger partial charge in [-0.05, 0) is 37.6 Å². The minimum absolute atomic E-state index is 0.233. The van der Waals surface area contributed by atoms with E-state index in [-0.39, 0.29) is 5.91 Å². The molecule has 1 heterocycles. The van der Waals surface area contributed by atoms with E-state index < -0.39 is 0 Å². The molecular weight excluding hydrogens is 334 g/mol. The number of nitrogens with two attached hydrogens (primary N) is 1. The number of hydrogen-bond acceptors (Lipinski definition) is 4. The second-order valence-corrected chi connectivity index (χ2v) is 5.40. The fourth-order valence-electron chi connectivity index (χ4n) is 1.86. The molecule has 0 aliphatic carbocycles. The first-order chi connectivity index (χ1) is 10.0. The summed E-state index contributed by atoms with van der Waals surface area (Å²) in [4.78, 5) is 15.8. The number of halogens is 1. The Bertz CT molecular complexity index is 651. The van der Waals surface area contributed by atoms with Crippen LogP contribution in [0.4, 0.5) is 5.69 Å². The number of nitrogen functional groups attached to an aromatic ring is 1. The highest BCUT2D eigenvalue weighted by Gasteiger charge is 2.11. The van der Waals surface area contributed by atoms with E-state index in [9.17, 15) is 4.79 Å². The summed E-state index contributed by atoms with van der Waals surface area (Å²) in [7, 11) is 0. The van der Waals surface area contributed by atoms with E-state index in [1.165, 1.54) is 6.20 Å². The molecule has 0 saturated carbocycles. The van der Waals surface area contributed by atoms with Crippen molar-refractivity contribution in [3.8, 4) is 11.5 Å². The van der Waals surface area contributed by atoms with Gasteiger partial charge >= 0.3 is 0 Å². The van der Waals surface area contributed by atoms with Crippen molar-refractivity contribution >= 4 is 27.5 Å². The van der Waals surface area contributed by atoms with Gasteiger partial charge < -0.3 is 15.8 Å². The van der Waals surface area contributed by atoms with Gasteiger partial charge in [0.25, 0.3) is 5.91 Å². The molecule has 1 amide bonds. The number of amides is 1. The van der Waals surface area contributed by atoms with Crippen LogP contribution in [0.2, 0.25) is 0 Å². The molecule has 0 spiro atoms. The van der Waals surface area contributed by atoms with Crippen molar-refractivity contribution in [1.82, 2.24) is 10.3 Å². The van der Waals surface area contributed by atoms with Crippen LogP contribution >= 0.6 is 15.9 Å². The molecule has 2 aromatic rings. The Morgan fingerprint density at radius 1 is 1.43 bits per heavy atom. The van der Waals surface area contributed by atoms with Crippen LogP contribution in [-0.2, 0) is 0 Å². The molecule has 2 rings (SSSR count). The van der Waals surface area contributed by atoms with Crippen molar-refractivity contribution in [2.75, 3.05) is 12.3 Å². The maximum atomic E-state index is 11.8. The molecule has 3 N–H and O–H groups in total. The second kappa shape index (κ2) is 6.58. The Morgan fingerprint density at radius 2 is 2.19 bits per heavy atom. The largest absolute Gasteiger partial charge is 0.455 e. The quantitative estimate of drug-likeness (QED) is 0.830. The third-order valence-electron chi connectivity index (χ3n) is 2.79. The smallest absolute Gasteiger partial charge is 0.270 e. The SMILES string of the molecule is CCNC(=O)c1cc(Oc2c(C)cc(Br)cc2N)ccn1. The number of carbonyl (C=O) groups is 1. The Kier molecular flexibility index (Phi) is 4.80. The first-order valence-electron chi connectivity index (χ1n) is 6.49. The number of benzene rings is 1. The summed E-state index contributed by atoms with van der Waals surface area (Å²) in [5.74, 6) is 0.859. The first-order valence-corrected chi connectivity index (χ1v) is 7.28. The highest BCUT2D eigenvalue weighted by molar-refractivity contribution is 9.10. The van der Waals surface area contributed by atoms with Crippen molar-refractivity contribution in [3.05, 3.63) is 46.2 Å². The maximum absolute atomic E-state index is 11.8. The summed E-state index contributed by atoms with van der Waals surface area (Å²) in [5, 5.41) is 2.70. The number of ether oxygens (including phenoxy) is 1. The molecule has 0 fully saturated rings. The Balaban J connectivity index is 2.28. The number of pyridine rings is 1. The molecule has 1 aromatic heterocycles. The van der Waals surface area contributed by atoms with Gasteiger partial charge in [0.15, 0.2) is 5.75 Å². The van der Waals surface area contributed by atoms with Gasteiger partial charge in [0.2, 0.25) is 0 Å². The third-order valence-corrected chi connectivity index (χ3v) is 3.25. The number of hydrogen-bond donors (Lipinski definition) is 2. The summed E-state index contributed by atoms with van der Waals surface area (Å²) >= 11 is 3.38. The summed E-state index contributed by atoms with van der Waals surface area (Å²) in [6.07, 6.45) is 1.53. The van der Waals surface area contributed by atoms with E-state index in [0.29, 0.717) is 29.4 Å². The number of aromatic nitrogens is 1. The topological polar surface area (TPSA) is 77.2 Å². The van der Waals surface area contributed by atoms with Gasteiger partial charge in [-0.1, -0.05) is 15.9 Å². The molecule has 0 atom stereocenters. The van der Waals surface area contributed by atoms with Crippen molar-refractivity contribution < 1.29 is 9.53 Å². The standard InChI is InChI=1S/C15H16BrN3O2/c1-3-18-15(20)13-8-11(4-5-19-13)21-14-9(2)6-10(16)7-12(14)17/h4-8H,3,17H2,1-2H3,(H,18,20).